The maximum atomic E-state index is 12.8. The number of hydrogen-bond acceptors (Lipinski definition) is 6. The second kappa shape index (κ2) is 66.5. The summed E-state index contributed by atoms with van der Waals surface area (Å²) < 4.78 is 16.8. The molecule has 0 aliphatic rings. The molecule has 0 aliphatic carbocycles. The Labute approximate surface area is 496 Å². The fraction of sp³-hybridized carbons (Fsp3) is 0.507. The molecule has 0 N–H and O–H groups in total. The molecular formula is C75H112O6. The molecule has 0 radical (unpaired) electrons. The highest BCUT2D eigenvalue weighted by atomic mass is 16.6. The Morgan fingerprint density at radius 3 is 0.716 bits per heavy atom. The van der Waals surface area contributed by atoms with Crippen LogP contribution >= 0.6 is 0 Å². The van der Waals surface area contributed by atoms with Gasteiger partial charge in [0, 0.05) is 19.3 Å². The van der Waals surface area contributed by atoms with Crippen LogP contribution in [0.5, 0.6) is 0 Å². The molecule has 0 aliphatic heterocycles. The first kappa shape index (κ1) is 75.0. The van der Waals surface area contributed by atoms with Crippen molar-refractivity contribution in [2.45, 2.75) is 232 Å². The highest BCUT2D eigenvalue weighted by Crippen LogP contribution is 2.12. The van der Waals surface area contributed by atoms with Crippen molar-refractivity contribution in [3.8, 4) is 0 Å². The van der Waals surface area contributed by atoms with Crippen LogP contribution in [0.15, 0.2) is 207 Å². The highest BCUT2D eigenvalue weighted by molar-refractivity contribution is 5.71. The molecule has 0 saturated heterocycles. The van der Waals surface area contributed by atoms with E-state index in [0.717, 1.165) is 180 Å². The molecule has 0 fully saturated rings. The van der Waals surface area contributed by atoms with Gasteiger partial charge in [-0.2, -0.15) is 0 Å². The summed E-state index contributed by atoms with van der Waals surface area (Å²) in [4.78, 5) is 38.2. The lowest BCUT2D eigenvalue weighted by atomic mass is 10.1. The molecule has 6 heteroatoms. The van der Waals surface area contributed by atoms with Crippen molar-refractivity contribution >= 4 is 17.9 Å². The standard InChI is InChI=1S/C75H112O6/c1-4-7-10-13-16-19-22-25-27-28-29-30-31-32-33-34-35-36-37-38-39-40-41-42-43-44-45-46-48-50-53-56-59-62-65-68-74(77)80-71-72(70-79-73(76)67-64-61-58-55-52-49-24-21-18-15-12-9-6-3)81-75(78)69-66-63-60-57-54-51-47-26-23-20-17-14-11-8-5-2/h7-12,16-21,25-27,29-30,32-33,35-36,38-39,41-42,44-45,47-50,52,54,57,72H,4-6,13-15,22-24,28,31,34,37,40,43,46,51,53,55-56,58-71H2,1-3H3/b10-7-,11-8-,12-9-,19-16-,20-17-,21-18-,27-25-,30-29-,33-32-,36-35-,39-38-,42-41-,45-44-,47-26-,50-48-,52-49-,57-54-. The number of allylic oxidation sites excluding steroid dienone is 34. The van der Waals surface area contributed by atoms with Crippen LogP contribution in [-0.2, 0) is 28.6 Å². The lowest BCUT2D eigenvalue weighted by Gasteiger charge is -2.18. The van der Waals surface area contributed by atoms with E-state index in [2.05, 4.69) is 227 Å². The minimum atomic E-state index is -0.835. The van der Waals surface area contributed by atoms with E-state index in [1.165, 1.54) is 0 Å². The SMILES string of the molecule is CC/C=C\C/C=C\C/C=C\C/C=C\C/C=C\C/C=C\C/C=C\C/C=C\C/C=C\C/C=C\CCCCCCC(=O)OCC(COC(=O)CCCCC/C=C\C/C=C\C/C=C\CC)OC(=O)CCCC/C=C\C/C=C\C/C=C\C/C=C\CC. The summed E-state index contributed by atoms with van der Waals surface area (Å²) in [5.74, 6) is -1.04. The molecular weight excluding hydrogens is 997 g/mol. The molecule has 0 aromatic rings. The number of carbonyl (C=O) groups is 3. The van der Waals surface area contributed by atoms with Gasteiger partial charge in [-0.05, 0) is 167 Å². The molecule has 0 heterocycles. The number of carbonyl (C=O) groups excluding carboxylic acids is 3. The van der Waals surface area contributed by atoms with E-state index in [1.807, 2.05) is 0 Å². The van der Waals surface area contributed by atoms with Gasteiger partial charge in [0.25, 0.3) is 0 Å². The van der Waals surface area contributed by atoms with Crippen LogP contribution < -0.4 is 0 Å². The molecule has 0 saturated carbocycles. The number of ether oxygens (including phenoxy) is 3. The zero-order valence-corrected chi connectivity index (χ0v) is 51.2. The van der Waals surface area contributed by atoms with E-state index in [9.17, 15) is 14.4 Å². The lowest BCUT2D eigenvalue weighted by molar-refractivity contribution is -0.167. The van der Waals surface area contributed by atoms with Crippen molar-refractivity contribution in [3.63, 3.8) is 0 Å². The number of hydrogen-bond donors (Lipinski definition) is 0. The average molecular weight is 1110 g/mol. The summed E-state index contributed by atoms with van der Waals surface area (Å²) in [5, 5.41) is 0. The Morgan fingerprint density at radius 1 is 0.247 bits per heavy atom. The van der Waals surface area contributed by atoms with Crippen LogP contribution in [0.4, 0.5) is 0 Å². The topological polar surface area (TPSA) is 78.9 Å². The first-order valence-corrected chi connectivity index (χ1v) is 31.6. The van der Waals surface area contributed by atoms with Gasteiger partial charge < -0.3 is 14.2 Å². The Bertz CT molecular complexity index is 2000. The minimum Gasteiger partial charge on any atom is -0.462 e. The van der Waals surface area contributed by atoms with E-state index >= 15 is 0 Å². The summed E-state index contributed by atoms with van der Waals surface area (Å²) in [7, 11) is 0. The third-order valence-electron chi connectivity index (χ3n) is 12.3. The highest BCUT2D eigenvalue weighted by Gasteiger charge is 2.19. The lowest BCUT2D eigenvalue weighted by Crippen LogP contribution is -2.30. The van der Waals surface area contributed by atoms with Crippen molar-refractivity contribution in [2.75, 3.05) is 13.2 Å². The van der Waals surface area contributed by atoms with Gasteiger partial charge in [-0.3, -0.25) is 14.4 Å². The molecule has 1 unspecified atom stereocenters. The smallest absolute Gasteiger partial charge is 0.306 e. The second-order valence-electron chi connectivity index (χ2n) is 19.8. The summed E-state index contributed by atoms with van der Waals surface area (Å²) in [5.41, 5.74) is 0. The van der Waals surface area contributed by atoms with Crippen LogP contribution in [-0.4, -0.2) is 37.2 Å². The maximum absolute atomic E-state index is 12.8. The molecule has 81 heavy (non-hydrogen) atoms. The molecule has 0 rings (SSSR count). The van der Waals surface area contributed by atoms with E-state index in [4.69, 9.17) is 14.2 Å². The van der Waals surface area contributed by atoms with Crippen molar-refractivity contribution in [3.05, 3.63) is 207 Å². The minimum absolute atomic E-state index is 0.129. The first-order valence-electron chi connectivity index (χ1n) is 31.6. The fourth-order valence-electron chi connectivity index (χ4n) is 7.65. The van der Waals surface area contributed by atoms with E-state index < -0.39 is 6.10 Å². The van der Waals surface area contributed by atoms with Gasteiger partial charge in [0.2, 0.25) is 0 Å². The Kier molecular flexibility index (Phi) is 61.6. The molecule has 0 aromatic heterocycles. The van der Waals surface area contributed by atoms with Crippen molar-refractivity contribution in [1.82, 2.24) is 0 Å². The van der Waals surface area contributed by atoms with E-state index in [1.54, 1.807) is 0 Å². The fourth-order valence-corrected chi connectivity index (χ4v) is 7.65. The Hall–Kier alpha value is -6.01. The van der Waals surface area contributed by atoms with Crippen LogP contribution in [0.25, 0.3) is 0 Å². The van der Waals surface area contributed by atoms with Gasteiger partial charge in [0.15, 0.2) is 6.10 Å². The van der Waals surface area contributed by atoms with E-state index in [-0.39, 0.29) is 37.5 Å². The molecule has 0 spiro atoms. The third-order valence-corrected chi connectivity index (χ3v) is 12.3. The maximum Gasteiger partial charge on any atom is 0.306 e. The van der Waals surface area contributed by atoms with Gasteiger partial charge in [-0.25, -0.2) is 0 Å². The van der Waals surface area contributed by atoms with Crippen molar-refractivity contribution < 1.29 is 28.6 Å². The van der Waals surface area contributed by atoms with Crippen LogP contribution in [0.1, 0.15) is 226 Å². The van der Waals surface area contributed by atoms with Gasteiger partial charge >= 0.3 is 17.9 Å². The summed E-state index contributed by atoms with van der Waals surface area (Å²) in [6, 6.07) is 0. The molecule has 1 atom stereocenters. The largest absolute Gasteiger partial charge is 0.462 e. The van der Waals surface area contributed by atoms with Crippen molar-refractivity contribution in [2.24, 2.45) is 0 Å². The van der Waals surface area contributed by atoms with Crippen molar-refractivity contribution in [1.29, 1.82) is 0 Å². The van der Waals surface area contributed by atoms with Crippen LogP contribution in [0.3, 0.4) is 0 Å². The van der Waals surface area contributed by atoms with Gasteiger partial charge in [-0.1, -0.05) is 247 Å². The Balaban J connectivity index is 4.40. The predicted molar refractivity (Wildman–Crippen MR) is 352 cm³/mol. The second-order valence-corrected chi connectivity index (χ2v) is 19.8. The van der Waals surface area contributed by atoms with Gasteiger partial charge in [0.1, 0.15) is 13.2 Å². The van der Waals surface area contributed by atoms with Crippen LogP contribution in [0.2, 0.25) is 0 Å². The van der Waals surface area contributed by atoms with Gasteiger partial charge in [-0.15, -0.1) is 0 Å². The molecule has 448 valence electrons. The average Bonchev–Trinajstić information content (AvgIpc) is 3.46. The normalized spacial score (nSPS) is 13.6. The molecule has 6 nitrogen and oxygen atoms in total. The quantitative estimate of drug-likeness (QED) is 0.0261. The summed E-state index contributed by atoms with van der Waals surface area (Å²) >= 11 is 0. The zero-order chi connectivity index (χ0) is 58.5. The number of unbranched alkanes of at least 4 members (excludes halogenated alkanes) is 9. The number of esters is 3. The van der Waals surface area contributed by atoms with Crippen LogP contribution in [0, 0.1) is 0 Å². The van der Waals surface area contributed by atoms with E-state index in [0.29, 0.717) is 19.3 Å². The number of rotatable bonds is 54. The zero-order valence-electron chi connectivity index (χ0n) is 51.2. The predicted octanol–water partition coefficient (Wildman–Crippen LogP) is 22.0. The Morgan fingerprint density at radius 2 is 0.444 bits per heavy atom. The summed E-state index contributed by atoms with van der Waals surface area (Å²) in [6.45, 7) is 6.18. The molecule has 0 aromatic carbocycles. The monoisotopic (exact) mass is 1110 g/mol. The summed E-state index contributed by atoms with van der Waals surface area (Å²) in [6.07, 6.45) is 103. The van der Waals surface area contributed by atoms with Gasteiger partial charge in [0.05, 0.1) is 0 Å². The molecule has 0 bridgehead atoms. The third kappa shape index (κ3) is 64.7. The first-order chi connectivity index (χ1) is 40.0. The molecule has 0 amide bonds.